The molecule has 5 rings (SSSR count). The van der Waals surface area contributed by atoms with Crippen LogP contribution in [0.2, 0.25) is 0 Å². The van der Waals surface area contributed by atoms with Crippen LogP contribution in [0.3, 0.4) is 0 Å². The average Bonchev–Trinajstić information content (AvgIpc) is 2.99. The maximum absolute atomic E-state index is 13.7. The average molecular weight is 611 g/mol. The summed E-state index contributed by atoms with van der Waals surface area (Å²) in [6, 6.07) is 11.9. The van der Waals surface area contributed by atoms with Gasteiger partial charge in [-0.25, -0.2) is 0 Å². The molecule has 232 valence electrons. The zero-order chi connectivity index (χ0) is 31.8. The second-order valence-corrected chi connectivity index (χ2v) is 10.2. The predicted octanol–water partition coefficient (Wildman–Crippen LogP) is 1.94. The molecule has 1 fully saturated rings. The molecule has 0 radical (unpaired) electrons. The van der Waals surface area contributed by atoms with Crippen molar-refractivity contribution in [2.24, 2.45) is 0 Å². The highest BCUT2D eigenvalue weighted by molar-refractivity contribution is 5.88. The zero-order valence-electron chi connectivity index (χ0n) is 23.2. The first-order valence-corrected chi connectivity index (χ1v) is 13.3. The van der Waals surface area contributed by atoms with Crippen molar-refractivity contribution in [3.63, 3.8) is 0 Å². The summed E-state index contributed by atoms with van der Waals surface area (Å²) in [5.74, 6) is -1.81. The topological polar surface area (TPSA) is 220 Å². The number of hydrogen-bond donors (Lipinski definition) is 8. The third-order valence-corrected chi connectivity index (χ3v) is 7.36. The van der Waals surface area contributed by atoms with Crippen LogP contribution < -0.4 is 14.9 Å². The number of phenols is 4. The molecule has 1 aliphatic rings. The Kier molecular flexibility index (Phi) is 8.41. The summed E-state index contributed by atoms with van der Waals surface area (Å²) in [6.45, 7) is -0.799. The van der Waals surface area contributed by atoms with Gasteiger partial charge in [0.25, 0.3) is 0 Å². The van der Waals surface area contributed by atoms with E-state index < -0.39 is 59.5 Å². The summed E-state index contributed by atoms with van der Waals surface area (Å²) in [5.41, 5.74) is -2.73. The van der Waals surface area contributed by atoms with Crippen molar-refractivity contribution in [2.75, 3.05) is 13.7 Å². The largest absolute Gasteiger partial charge is 0.508 e. The van der Waals surface area contributed by atoms with Crippen LogP contribution in [0.5, 0.6) is 34.5 Å². The van der Waals surface area contributed by atoms with Gasteiger partial charge in [0.2, 0.25) is 17.5 Å². The first kappa shape index (κ1) is 30.7. The highest BCUT2D eigenvalue weighted by atomic mass is 16.7. The molecule has 0 bridgehead atoms. The van der Waals surface area contributed by atoms with Gasteiger partial charge < -0.3 is 59.5 Å². The fourth-order valence-corrected chi connectivity index (χ4v) is 5.01. The monoisotopic (exact) mass is 610 g/mol. The molecular formula is C31H30O13. The number of rotatable bonds is 8. The lowest BCUT2D eigenvalue weighted by atomic mass is 9.81. The van der Waals surface area contributed by atoms with Crippen LogP contribution in [-0.4, -0.2) is 84.8 Å². The van der Waals surface area contributed by atoms with E-state index in [4.69, 9.17) is 18.6 Å². The van der Waals surface area contributed by atoms with Crippen molar-refractivity contribution in [2.45, 2.75) is 36.6 Å². The van der Waals surface area contributed by atoms with Gasteiger partial charge in [0.1, 0.15) is 52.1 Å². The van der Waals surface area contributed by atoms with Gasteiger partial charge in [-0.2, -0.15) is 0 Å². The van der Waals surface area contributed by atoms with E-state index in [1.54, 1.807) is 6.07 Å². The summed E-state index contributed by atoms with van der Waals surface area (Å²) in [4.78, 5) is 13.7. The van der Waals surface area contributed by atoms with Crippen LogP contribution in [-0.2, 0) is 4.74 Å². The Morgan fingerprint density at radius 2 is 1.66 bits per heavy atom. The van der Waals surface area contributed by atoms with Gasteiger partial charge in [-0.1, -0.05) is 18.2 Å². The number of phenolic OH excluding ortho intramolecular Hbond substituents is 4. The number of benzene rings is 3. The summed E-state index contributed by atoms with van der Waals surface area (Å²) in [6.07, 6.45) is -4.53. The molecule has 13 nitrogen and oxygen atoms in total. The van der Waals surface area contributed by atoms with Crippen LogP contribution in [0.25, 0.3) is 28.4 Å². The minimum Gasteiger partial charge on any atom is -0.508 e. The maximum atomic E-state index is 13.7. The smallest absolute Gasteiger partial charge is 0.239 e. The molecule has 1 aromatic heterocycles. The number of hydrogen-bond acceptors (Lipinski definition) is 13. The number of aromatic hydroxyl groups is 4. The Morgan fingerprint density at radius 3 is 2.34 bits per heavy atom. The van der Waals surface area contributed by atoms with Crippen molar-refractivity contribution in [1.29, 1.82) is 0 Å². The Balaban J connectivity index is 1.54. The molecular weight excluding hydrogens is 580 g/mol. The van der Waals surface area contributed by atoms with Crippen molar-refractivity contribution in [3.8, 4) is 45.8 Å². The lowest BCUT2D eigenvalue weighted by molar-refractivity contribution is -0.313. The molecule has 0 amide bonds. The van der Waals surface area contributed by atoms with E-state index in [1.165, 1.54) is 55.7 Å². The molecule has 1 aliphatic heterocycles. The van der Waals surface area contributed by atoms with Crippen molar-refractivity contribution >= 4 is 17.0 Å². The molecule has 0 saturated carbocycles. The first-order chi connectivity index (χ1) is 21.0. The van der Waals surface area contributed by atoms with Gasteiger partial charge in [0.05, 0.1) is 13.7 Å². The number of fused-ring (bicyclic) bond motifs is 1. The van der Waals surface area contributed by atoms with Gasteiger partial charge in [0, 0.05) is 17.7 Å². The second kappa shape index (κ2) is 12.1. The second-order valence-electron chi connectivity index (χ2n) is 10.2. The van der Waals surface area contributed by atoms with Crippen LogP contribution in [0, 0.1) is 0 Å². The van der Waals surface area contributed by atoms with Crippen LogP contribution in [0.4, 0.5) is 0 Å². The van der Waals surface area contributed by atoms with Crippen molar-refractivity contribution in [1.82, 2.24) is 0 Å². The lowest BCUT2D eigenvalue weighted by Crippen LogP contribution is -2.68. The number of methoxy groups -OCH3 is 1. The number of aliphatic hydroxyl groups is 4. The van der Waals surface area contributed by atoms with E-state index in [0.717, 1.165) is 12.1 Å². The maximum Gasteiger partial charge on any atom is 0.239 e. The van der Waals surface area contributed by atoms with E-state index in [0.29, 0.717) is 5.56 Å². The minimum absolute atomic E-state index is 0.0840. The first-order valence-electron chi connectivity index (χ1n) is 13.3. The summed E-state index contributed by atoms with van der Waals surface area (Å²) in [5, 5.41) is 83.2. The molecule has 4 aromatic rings. The van der Waals surface area contributed by atoms with E-state index >= 15 is 0 Å². The normalized spacial score (nSPS) is 23.7. The fourth-order valence-electron chi connectivity index (χ4n) is 5.01. The van der Waals surface area contributed by atoms with Crippen molar-refractivity contribution < 1.29 is 59.5 Å². The minimum atomic E-state index is -2.36. The van der Waals surface area contributed by atoms with Crippen LogP contribution >= 0.6 is 0 Å². The molecule has 0 spiro atoms. The van der Waals surface area contributed by atoms with Gasteiger partial charge in [-0.15, -0.1) is 0 Å². The molecule has 2 heterocycles. The van der Waals surface area contributed by atoms with E-state index in [2.05, 4.69) is 0 Å². The Bertz CT molecular complexity index is 1750. The van der Waals surface area contributed by atoms with Crippen molar-refractivity contribution in [3.05, 3.63) is 76.5 Å². The summed E-state index contributed by atoms with van der Waals surface area (Å²) >= 11 is 0. The highest BCUT2D eigenvalue weighted by Gasteiger charge is 2.55. The third kappa shape index (κ3) is 5.62. The highest BCUT2D eigenvalue weighted by Crippen LogP contribution is 2.39. The van der Waals surface area contributed by atoms with Gasteiger partial charge in [0.15, 0.2) is 17.3 Å². The molecule has 8 N–H and O–H groups in total. The van der Waals surface area contributed by atoms with E-state index in [-0.39, 0.29) is 46.0 Å². The molecule has 0 aliphatic carbocycles. The Hall–Kier alpha value is -4.79. The van der Waals surface area contributed by atoms with Crippen LogP contribution in [0.15, 0.2) is 69.9 Å². The summed E-state index contributed by atoms with van der Waals surface area (Å²) < 4.78 is 22.3. The summed E-state index contributed by atoms with van der Waals surface area (Å²) in [7, 11) is 1.38. The molecule has 5 atom stereocenters. The van der Waals surface area contributed by atoms with E-state index in [1.807, 2.05) is 0 Å². The zero-order valence-corrected chi connectivity index (χ0v) is 23.2. The lowest BCUT2D eigenvalue weighted by Gasteiger charge is -2.47. The number of ether oxygens (including phenoxy) is 3. The fraction of sp³-hybridized carbons (Fsp3) is 0.258. The van der Waals surface area contributed by atoms with Gasteiger partial charge in [-0.3, -0.25) is 4.79 Å². The van der Waals surface area contributed by atoms with Crippen LogP contribution in [0.1, 0.15) is 12.0 Å². The SMILES string of the molecule is COc1cc(C=CC[C@]2(O)[C@H](O)[C@@H](CO)OC(Oc3c(-c4ccc(O)cc4)oc4cc(O)cc(O)c4c3=O)[C@@H]2O)ccc1O. The molecule has 44 heavy (non-hydrogen) atoms. The van der Waals surface area contributed by atoms with E-state index in [9.17, 15) is 45.6 Å². The molecule has 3 aromatic carbocycles. The quantitative estimate of drug-likeness (QED) is 0.143. The standard InChI is InChI=1S/C31H30O13/c1-41-21-11-15(4-9-19(21)35)3-2-10-31(40)28(38)23(14-32)43-30(29(31)39)44-27-25(37)24-20(36)12-18(34)13-22(24)42-26(27)16-5-7-17(33)8-6-16/h2-9,11-13,23,28-30,32-36,38-40H,10,14H2,1H3/t23-,28-,29+,30?,31+/m1/s1. The van der Waals surface area contributed by atoms with Gasteiger partial charge >= 0.3 is 0 Å². The molecule has 13 heteroatoms. The Morgan fingerprint density at radius 1 is 0.932 bits per heavy atom. The van der Waals surface area contributed by atoms with Gasteiger partial charge in [-0.05, 0) is 48.4 Å². The number of aliphatic hydroxyl groups excluding tert-OH is 3. The Labute approximate surface area is 249 Å². The third-order valence-electron chi connectivity index (χ3n) is 7.36. The molecule has 1 unspecified atom stereocenters. The molecule has 1 saturated heterocycles. The predicted molar refractivity (Wildman–Crippen MR) is 155 cm³/mol.